The fourth-order valence-electron chi connectivity index (χ4n) is 3.21. The molecule has 0 bridgehead atoms. The number of para-hydroxylation sites is 2. The third kappa shape index (κ3) is 4.13. The Bertz CT molecular complexity index is 1110. The number of imidazole rings is 1. The Morgan fingerprint density at radius 2 is 1.76 bits per heavy atom. The molecule has 1 heterocycles. The van der Waals surface area contributed by atoms with Gasteiger partial charge in [0.1, 0.15) is 0 Å². The maximum atomic E-state index is 13.0. The molecule has 1 N–H and O–H groups in total. The maximum absolute atomic E-state index is 13.0. The number of halogens is 3. The molecular weight excluding hydrogens is 385 g/mol. The van der Waals surface area contributed by atoms with Crippen LogP contribution in [0.3, 0.4) is 0 Å². The zero-order chi connectivity index (χ0) is 21.3. The molecule has 0 spiro atoms. The molecule has 6 nitrogen and oxygen atoms in total. The fourth-order valence-corrected chi connectivity index (χ4v) is 3.21. The van der Waals surface area contributed by atoms with Crippen LogP contribution >= 0.6 is 0 Å². The number of carbonyl (C=O) groups is 1. The number of carbonyl (C=O) groups excluding carboxylic acids is 1. The van der Waals surface area contributed by atoms with E-state index in [-0.39, 0.29) is 24.3 Å². The molecule has 2 aromatic carbocycles. The van der Waals surface area contributed by atoms with Gasteiger partial charge in [-0.25, -0.2) is 4.79 Å². The summed E-state index contributed by atoms with van der Waals surface area (Å²) in [7, 11) is 5.00. The SMILES string of the molecule is CN(C)c1ccc(C(F)(F)F)cc1NC(=O)CCn1c(=O)n(C)c2ccccc21. The molecule has 1 aromatic heterocycles. The predicted octanol–water partition coefficient (Wildman–Crippen LogP) is 3.45. The van der Waals surface area contributed by atoms with Crippen molar-refractivity contribution in [3.05, 3.63) is 58.5 Å². The van der Waals surface area contributed by atoms with Crippen LogP contribution in [0.2, 0.25) is 0 Å². The van der Waals surface area contributed by atoms with Crippen LogP contribution in [0.15, 0.2) is 47.3 Å². The van der Waals surface area contributed by atoms with Crippen molar-refractivity contribution in [2.75, 3.05) is 24.3 Å². The van der Waals surface area contributed by atoms with Gasteiger partial charge in [-0.05, 0) is 30.3 Å². The largest absolute Gasteiger partial charge is 0.416 e. The van der Waals surface area contributed by atoms with E-state index < -0.39 is 17.6 Å². The number of anilines is 2. The summed E-state index contributed by atoms with van der Waals surface area (Å²) in [6.07, 6.45) is -4.57. The molecule has 0 aliphatic carbocycles. The van der Waals surface area contributed by atoms with E-state index in [0.717, 1.165) is 17.6 Å². The highest BCUT2D eigenvalue weighted by Crippen LogP contribution is 2.35. The Morgan fingerprint density at radius 3 is 2.38 bits per heavy atom. The molecule has 0 fully saturated rings. The standard InChI is InChI=1S/C20H21F3N4O2/c1-25(2)15-9-8-13(20(21,22)23)12-14(15)24-18(28)10-11-27-17-7-5-4-6-16(17)26(3)19(27)29/h4-9,12H,10-11H2,1-3H3,(H,24,28). The zero-order valence-corrected chi connectivity index (χ0v) is 16.2. The summed E-state index contributed by atoms with van der Waals surface area (Å²) in [6.45, 7) is 0.113. The third-order valence-electron chi connectivity index (χ3n) is 4.69. The Balaban J connectivity index is 1.82. The molecular formula is C20H21F3N4O2. The van der Waals surface area contributed by atoms with Gasteiger partial charge in [0.05, 0.1) is 28.0 Å². The zero-order valence-electron chi connectivity index (χ0n) is 16.2. The summed E-state index contributed by atoms with van der Waals surface area (Å²) in [5, 5.41) is 2.55. The van der Waals surface area contributed by atoms with Gasteiger partial charge in [-0.2, -0.15) is 13.2 Å². The number of aromatic nitrogens is 2. The van der Waals surface area contributed by atoms with E-state index in [4.69, 9.17) is 0 Å². The number of benzene rings is 2. The van der Waals surface area contributed by atoms with Gasteiger partial charge < -0.3 is 10.2 Å². The number of amides is 1. The topological polar surface area (TPSA) is 59.3 Å². The lowest BCUT2D eigenvalue weighted by molar-refractivity contribution is -0.137. The first kappa shape index (κ1) is 20.5. The smallest absolute Gasteiger partial charge is 0.376 e. The van der Waals surface area contributed by atoms with Crippen molar-refractivity contribution >= 4 is 28.3 Å². The summed E-state index contributed by atoms with van der Waals surface area (Å²) in [5.41, 5.74) is 0.857. The van der Waals surface area contributed by atoms with Gasteiger partial charge in [0.15, 0.2) is 0 Å². The van der Waals surface area contributed by atoms with Gasteiger partial charge >= 0.3 is 11.9 Å². The molecule has 3 rings (SSSR count). The molecule has 0 aliphatic rings. The average Bonchev–Trinajstić information content (AvgIpc) is 2.90. The monoisotopic (exact) mass is 406 g/mol. The number of alkyl halides is 3. The average molecular weight is 406 g/mol. The van der Waals surface area contributed by atoms with Crippen molar-refractivity contribution in [2.24, 2.45) is 7.05 Å². The van der Waals surface area contributed by atoms with Crippen molar-refractivity contribution in [3.63, 3.8) is 0 Å². The minimum absolute atomic E-state index is 0.0585. The number of nitrogens with zero attached hydrogens (tertiary/aromatic N) is 3. The maximum Gasteiger partial charge on any atom is 0.416 e. The van der Waals surface area contributed by atoms with E-state index in [2.05, 4.69) is 5.32 Å². The molecule has 0 unspecified atom stereocenters. The normalized spacial score (nSPS) is 11.7. The Labute approximate surface area is 165 Å². The first-order valence-corrected chi connectivity index (χ1v) is 8.92. The fraction of sp³-hybridized carbons (Fsp3) is 0.300. The lowest BCUT2D eigenvalue weighted by Crippen LogP contribution is -2.25. The van der Waals surface area contributed by atoms with Crippen LogP contribution in [-0.4, -0.2) is 29.1 Å². The van der Waals surface area contributed by atoms with Crippen molar-refractivity contribution < 1.29 is 18.0 Å². The van der Waals surface area contributed by atoms with E-state index in [0.29, 0.717) is 11.2 Å². The van der Waals surface area contributed by atoms with E-state index in [1.54, 1.807) is 44.2 Å². The van der Waals surface area contributed by atoms with Crippen LogP contribution in [0.1, 0.15) is 12.0 Å². The van der Waals surface area contributed by atoms with E-state index in [9.17, 15) is 22.8 Å². The van der Waals surface area contributed by atoms with Gasteiger partial charge in [0.2, 0.25) is 5.91 Å². The minimum atomic E-state index is -4.51. The van der Waals surface area contributed by atoms with Gasteiger partial charge in [-0.3, -0.25) is 13.9 Å². The second-order valence-corrected chi connectivity index (χ2v) is 6.90. The first-order chi connectivity index (χ1) is 13.6. The van der Waals surface area contributed by atoms with Crippen LogP contribution in [0.5, 0.6) is 0 Å². The molecule has 0 aliphatic heterocycles. The molecule has 0 atom stereocenters. The Kier molecular flexibility index (Phi) is 5.41. The number of nitrogens with one attached hydrogen (secondary N) is 1. The number of hydrogen-bond acceptors (Lipinski definition) is 3. The molecule has 0 saturated carbocycles. The van der Waals surface area contributed by atoms with Crippen molar-refractivity contribution in [2.45, 2.75) is 19.1 Å². The van der Waals surface area contributed by atoms with E-state index in [1.165, 1.54) is 15.2 Å². The van der Waals surface area contributed by atoms with Crippen molar-refractivity contribution in [1.29, 1.82) is 0 Å². The highest BCUT2D eigenvalue weighted by Gasteiger charge is 2.31. The number of aryl methyl sites for hydroxylation is 2. The molecule has 0 radical (unpaired) electrons. The van der Waals surface area contributed by atoms with Gasteiger partial charge in [-0.15, -0.1) is 0 Å². The highest BCUT2D eigenvalue weighted by atomic mass is 19.4. The van der Waals surface area contributed by atoms with Crippen LogP contribution in [-0.2, 0) is 24.6 Å². The third-order valence-corrected chi connectivity index (χ3v) is 4.69. The van der Waals surface area contributed by atoms with Crippen molar-refractivity contribution in [1.82, 2.24) is 9.13 Å². The van der Waals surface area contributed by atoms with Gasteiger partial charge in [0, 0.05) is 34.1 Å². The second kappa shape index (κ2) is 7.65. The summed E-state index contributed by atoms with van der Waals surface area (Å²) < 4.78 is 42.1. The molecule has 1 amide bonds. The Morgan fingerprint density at radius 1 is 1.10 bits per heavy atom. The molecule has 3 aromatic rings. The number of fused-ring (bicyclic) bond motifs is 1. The van der Waals surface area contributed by atoms with Crippen LogP contribution < -0.4 is 15.9 Å². The summed E-state index contributed by atoms with van der Waals surface area (Å²) in [4.78, 5) is 26.5. The van der Waals surface area contributed by atoms with Gasteiger partial charge in [0.25, 0.3) is 0 Å². The number of rotatable bonds is 5. The lowest BCUT2D eigenvalue weighted by atomic mass is 10.1. The molecule has 154 valence electrons. The summed E-state index contributed by atoms with van der Waals surface area (Å²) in [6, 6.07) is 10.4. The number of hydrogen-bond donors (Lipinski definition) is 1. The molecule has 29 heavy (non-hydrogen) atoms. The van der Waals surface area contributed by atoms with Crippen LogP contribution in [0, 0.1) is 0 Å². The Hall–Kier alpha value is -3.23. The van der Waals surface area contributed by atoms with E-state index >= 15 is 0 Å². The second-order valence-electron chi connectivity index (χ2n) is 6.90. The quantitative estimate of drug-likeness (QED) is 0.706. The van der Waals surface area contributed by atoms with Crippen molar-refractivity contribution in [3.8, 4) is 0 Å². The summed E-state index contributed by atoms with van der Waals surface area (Å²) in [5.74, 6) is -0.479. The first-order valence-electron chi connectivity index (χ1n) is 8.92. The van der Waals surface area contributed by atoms with Gasteiger partial charge in [-0.1, -0.05) is 12.1 Å². The highest BCUT2D eigenvalue weighted by molar-refractivity contribution is 5.94. The van der Waals surface area contributed by atoms with E-state index in [1.807, 2.05) is 6.07 Å². The van der Waals surface area contributed by atoms with Crippen LogP contribution in [0.4, 0.5) is 24.5 Å². The lowest BCUT2D eigenvalue weighted by Gasteiger charge is -2.20. The van der Waals surface area contributed by atoms with Crippen LogP contribution in [0.25, 0.3) is 11.0 Å². The summed E-state index contributed by atoms with van der Waals surface area (Å²) >= 11 is 0. The molecule has 9 heteroatoms. The minimum Gasteiger partial charge on any atom is -0.376 e. The molecule has 0 saturated heterocycles. The predicted molar refractivity (Wildman–Crippen MR) is 106 cm³/mol.